The first-order chi connectivity index (χ1) is 14.3. The molecule has 30 heavy (non-hydrogen) atoms. The number of furan rings is 1. The fraction of sp³-hybridized carbons (Fsp3) is 0.263. The number of thioether (sulfide) groups is 1. The van der Waals surface area contributed by atoms with Gasteiger partial charge in [0.25, 0.3) is 0 Å². The van der Waals surface area contributed by atoms with Crippen molar-refractivity contribution in [1.82, 2.24) is 14.8 Å². The van der Waals surface area contributed by atoms with Crippen molar-refractivity contribution in [2.24, 2.45) is 5.73 Å². The summed E-state index contributed by atoms with van der Waals surface area (Å²) in [6.45, 7) is 2.11. The molecule has 3 rings (SSSR count). The number of amides is 2. The maximum Gasteiger partial charge on any atom is 0.237 e. The van der Waals surface area contributed by atoms with E-state index in [9.17, 15) is 9.59 Å². The normalized spacial score (nSPS) is 12.0. The number of carbonyl (C=O) groups excluding carboxylic acids is 2. The molecule has 2 heterocycles. The average molecular weight is 468 g/mol. The summed E-state index contributed by atoms with van der Waals surface area (Å²) >= 11 is 13.3. The summed E-state index contributed by atoms with van der Waals surface area (Å²) in [5.41, 5.74) is 5.69. The number of nitrogens with zero attached hydrogens (tertiary/aromatic N) is 3. The van der Waals surface area contributed by atoms with Crippen molar-refractivity contribution < 1.29 is 14.0 Å². The molecule has 1 atom stereocenters. The van der Waals surface area contributed by atoms with Crippen molar-refractivity contribution in [3.05, 3.63) is 58.2 Å². The van der Waals surface area contributed by atoms with Gasteiger partial charge in [0.15, 0.2) is 5.16 Å². The van der Waals surface area contributed by atoms with E-state index in [1.165, 1.54) is 11.8 Å². The Morgan fingerprint density at radius 1 is 1.30 bits per heavy atom. The van der Waals surface area contributed by atoms with Crippen LogP contribution in [0.5, 0.6) is 0 Å². The van der Waals surface area contributed by atoms with Crippen LogP contribution in [0.15, 0.2) is 46.2 Å². The Kier molecular flexibility index (Phi) is 7.41. The van der Waals surface area contributed by atoms with E-state index in [2.05, 4.69) is 15.5 Å². The van der Waals surface area contributed by atoms with E-state index in [1.807, 2.05) is 10.6 Å². The van der Waals surface area contributed by atoms with Gasteiger partial charge in [0, 0.05) is 17.9 Å². The zero-order valence-electron chi connectivity index (χ0n) is 16.0. The first-order valence-electron chi connectivity index (χ1n) is 8.99. The van der Waals surface area contributed by atoms with Gasteiger partial charge in [-0.2, -0.15) is 0 Å². The maximum atomic E-state index is 12.7. The average Bonchev–Trinajstić information content (AvgIpc) is 3.34. The van der Waals surface area contributed by atoms with Crippen LogP contribution in [0.25, 0.3) is 0 Å². The molecule has 0 fully saturated rings. The highest BCUT2D eigenvalue weighted by atomic mass is 35.5. The zero-order chi connectivity index (χ0) is 21.7. The number of benzene rings is 1. The molecule has 3 N–H and O–H groups in total. The lowest BCUT2D eigenvalue weighted by Crippen LogP contribution is -2.23. The predicted octanol–water partition coefficient (Wildman–Crippen LogP) is 3.76. The van der Waals surface area contributed by atoms with Crippen molar-refractivity contribution in [2.45, 2.75) is 36.7 Å². The molecule has 0 saturated heterocycles. The van der Waals surface area contributed by atoms with Crippen LogP contribution in [0.2, 0.25) is 10.0 Å². The molecule has 0 aliphatic rings. The highest BCUT2D eigenvalue weighted by Gasteiger charge is 2.22. The van der Waals surface area contributed by atoms with Crippen LogP contribution in [0.1, 0.15) is 24.9 Å². The summed E-state index contributed by atoms with van der Waals surface area (Å²) in [6.07, 6.45) is 2.05. The minimum absolute atomic E-state index is 0.143. The molecule has 8 nitrogen and oxygen atoms in total. The van der Waals surface area contributed by atoms with Gasteiger partial charge >= 0.3 is 0 Å². The van der Waals surface area contributed by atoms with Gasteiger partial charge in [-0.25, -0.2) is 0 Å². The SMILES string of the molecule is CC(Sc1nnc(CCC(N)=O)n1Cc1ccco1)C(=O)Nc1cc(Cl)ccc1Cl. The van der Waals surface area contributed by atoms with Gasteiger partial charge < -0.3 is 15.5 Å². The monoisotopic (exact) mass is 467 g/mol. The zero-order valence-corrected chi connectivity index (χ0v) is 18.3. The molecule has 11 heteroatoms. The summed E-state index contributed by atoms with van der Waals surface area (Å²) in [7, 11) is 0. The number of nitrogens with one attached hydrogen (secondary N) is 1. The second-order valence-electron chi connectivity index (χ2n) is 6.40. The van der Waals surface area contributed by atoms with Crippen molar-refractivity contribution in [1.29, 1.82) is 0 Å². The largest absolute Gasteiger partial charge is 0.467 e. The minimum Gasteiger partial charge on any atom is -0.467 e. The number of nitrogens with two attached hydrogens (primary N) is 1. The molecule has 0 bridgehead atoms. The number of primary amides is 1. The van der Waals surface area contributed by atoms with Gasteiger partial charge in [-0.05, 0) is 37.3 Å². The third kappa shape index (κ3) is 5.78. The highest BCUT2D eigenvalue weighted by Crippen LogP contribution is 2.28. The van der Waals surface area contributed by atoms with Crippen molar-refractivity contribution in [3.8, 4) is 0 Å². The van der Waals surface area contributed by atoms with E-state index in [-0.39, 0.29) is 12.3 Å². The first kappa shape index (κ1) is 22.2. The molecule has 0 spiro atoms. The third-order valence-corrected chi connectivity index (χ3v) is 5.77. The fourth-order valence-corrected chi connectivity index (χ4v) is 3.79. The Morgan fingerprint density at radius 2 is 2.10 bits per heavy atom. The predicted molar refractivity (Wildman–Crippen MR) is 116 cm³/mol. The molecule has 0 aliphatic carbocycles. The van der Waals surface area contributed by atoms with E-state index >= 15 is 0 Å². The van der Waals surface area contributed by atoms with Gasteiger partial charge in [0.05, 0.1) is 28.8 Å². The lowest BCUT2D eigenvalue weighted by atomic mass is 10.3. The number of carbonyl (C=O) groups is 2. The second-order valence-corrected chi connectivity index (χ2v) is 8.56. The summed E-state index contributed by atoms with van der Waals surface area (Å²) in [4.78, 5) is 23.8. The number of aromatic nitrogens is 3. The molecule has 0 radical (unpaired) electrons. The summed E-state index contributed by atoms with van der Waals surface area (Å²) in [5.74, 6) is 0.580. The number of halogens is 2. The molecule has 1 unspecified atom stereocenters. The molecule has 0 aliphatic heterocycles. The Hall–Kier alpha value is -2.49. The minimum atomic E-state index is -0.511. The molecular formula is C19H19Cl2N5O3S. The second kappa shape index (κ2) is 10.0. The smallest absolute Gasteiger partial charge is 0.237 e. The standard InChI is InChI=1S/C19H19Cl2N5O3S/c1-11(18(28)23-15-9-12(20)4-5-14(15)21)30-19-25-24-17(7-6-16(22)27)26(19)10-13-3-2-8-29-13/h2-5,8-9,11H,6-7,10H2,1H3,(H2,22,27)(H,23,28). The first-order valence-corrected chi connectivity index (χ1v) is 10.6. The van der Waals surface area contributed by atoms with E-state index < -0.39 is 11.2 Å². The number of anilines is 1. The number of hydrogen-bond acceptors (Lipinski definition) is 6. The quantitative estimate of drug-likeness (QED) is 0.462. The van der Waals surface area contributed by atoms with Gasteiger partial charge in [0.1, 0.15) is 11.6 Å². The Morgan fingerprint density at radius 3 is 2.80 bits per heavy atom. The van der Waals surface area contributed by atoms with Crippen LogP contribution in [0.3, 0.4) is 0 Å². The van der Waals surface area contributed by atoms with Crippen molar-refractivity contribution in [2.75, 3.05) is 5.32 Å². The van der Waals surface area contributed by atoms with E-state index in [0.717, 1.165) is 0 Å². The van der Waals surface area contributed by atoms with Crippen LogP contribution in [0, 0.1) is 0 Å². The van der Waals surface area contributed by atoms with Crippen LogP contribution in [-0.4, -0.2) is 31.8 Å². The Bertz CT molecular complexity index is 1040. The lowest BCUT2D eigenvalue weighted by Gasteiger charge is -2.14. The fourth-order valence-electron chi connectivity index (χ4n) is 2.58. The molecule has 0 saturated carbocycles. The van der Waals surface area contributed by atoms with E-state index in [4.69, 9.17) is 33.4 Å². The van der Waals surface area contributed by atoms with Gasteiger partial charge in [0.2, 0.25) is 11.8 Å². The van der Waals surface area contributed by atoms with E-state index in [1.54, 1.807) is 37.5 Å². The van der Waals surface area contributed by atoms with Crippen LogP contribution < -0.4 is 11.1 Å². The molecule has 158 valence electrons. The topological polar surface area (TPSA) is 116 Å². The van der Waals surface area contributed by atoms with Crippen molar-refractivity contribution in [3.63, 3.8) is 0 Å². The molecule has 2 amide bonds. The number of aryl methyl sites for hydroxylation is 1. The van der Waals surface area contributed by atoms with Crippen LogP contribution >= 0.6 is 35.0 Å². The van der Waals surface area contributed by atoms with Gasteiger partial charge in [-0.1, -0.05) is 35.0 Å². The Labute approximate surface area is 187 Å². The number of rotatable bonds is 9. The highest BCUT2D eigenvalue weighted by molar-refractivity contribution is 8.00. The molecular weight excluding hydrogens is 449 g/mol. The maximum absolute atomic E-state index is 12.7. The molecule has 1 aromatic carbocycles. The molecule has 2 aromatic heterocycles. The summed E-state index contributed by atoms with van der Waals surface area (Å²) < 4.78 is 7.22. The van der Waals surface area contributed by atoms with Gasteiger partial charge in [-0.15, -0.1) is 10.2 Å². The Balaban J connectivity index is 1.76. The van der Waals surface area contributed by atoms with Gasteiger partial charge in [-0.3, -0.25) is 14.2 Å². The molecule has 3 aromatic rings. The van der Waals surface area contributed by atoms with Crippen molar-refractivity contribution >= 4 is 52.5 Å². The van der Waals surface area contributed by atoms with Crippen LogP contribution in [-0.2, 0) is 22.6 Å². The summed E-state index contributed by atoms with van der Waals surface area (Å²) in [5, 5.41) is 12.0. The summed E-state index contributed by atoms with van der Waals surface area (Å²) in [6, 6.07) is 8.44. The lowest BCUT2D eigenvalue weighted by molar-refractivity contribution is -0.118. The van der Waals surface area contributed by atoms with Crippen LogP contribution in [0.4, 0.5) is 5.69 Å². The third-order valence-electron chi connectivity index (χ3n) is 4.12. The van der Waals surface area contributed by atoms with E-state index in [0.29, 0.717) is 45.4 Å². The number of hydrogen-bond donors (Lipinski definition) is 2.